The standard InChI is InChI=1S/C15H14N6/c16-5-3-14(10-1-2-10)21-9-11(7-19-21)13-8-18-20-15-12(13)4-6-17-15/h4,6-10,14H,1-3H2,(H,17,20). The number of hydrogen-bond donors (Lipinski definition) is 1. The molecular formula is C15H14N6. The van der Waals surface area contributed by atoms with Crippen LogP contribution < -0.4 is 0 Å². The zero-order valence-corrected chi connectivity index (χ0v) is 11.4. The molecule has 0 bridgehead atoms. The van der Waals surface area contributed by atoms with Gasteiger partial charge >= 0.3 is 0 Å². The van der Waals surface area contributed by atoms with Gasteiger partial charge in [-0.05, 0) is 24.8 Å². The van der Waals surface area contributed by atoms with Gasteiger partial charge in [0, 0.05) is 28.9 Å². The van der Waals surface area contributed by atoms with Crippen LogP contribution in [0.2, 0.25) is 0 Å². The maximum atomic E-state index is 9.00. The highest BCUT2D eigenvalue weighted by Crippen LogP contribution is 2.41. The molecule has 3 aromatic rings. The number of hydrogen-bond acceptors (Lipinski definition) is 4. The lowest BCUT2D eigenvalue weighted by Gasteiger charge is -2.12. The van der Waals surface area contributed by atoms with E-state index in [4.69, 9.17) is 5.26 Å². The smallest absolute Gasteiger partial charge is 0.160 e. The number of rotatable bonds is 4. The van der Waals surface area contributed by atoms with Crippen molar-refractivity contribution >= 4 is 11.0 Å². The maximum Gasteiger partial charge on any atom is 0.160 e. The van der Waals surface area contributed by atoms with Gasteiger partial charge in [0.15, 0.2) is 5.65 Å². The molecule has 1 saturated carbocycles. The SMILES string of the molecule is N#CCC(C1CC1)n1cc(-c2cnnc3[nH]ccc23)cn1. The van der Waals surface area contributed by atoms with Crippen molar-refractivity contribution in [2.24, 2.45) is 5.92 Å². The molecule has 0 radical (unpaired) electrons. The quantitative estimate of drug-likeness (QED) is 0.795. The minimum Gasteiger partial charge on any atom is -0.345 e. The molecule has 6 nitrogen and oxygen atoms in total. The first-order valence-corrected chi connectivity index (χ1v) is 7.07. The fourth-order valence-corrected chi connectivity index (χ4v) is 2.81. The number of fused-ring (bicyclic) bond motifs is 1. The largest absolute Gasteiger partial charge is 0.345 e. The van der Waals surface area contributed by atoms with Gasteiger partial charge in [-0.15, -0.1) is 5.10 Å². The molecule has 3 aromatic heterocycles. The Bertz CT molecular complexity index is 820. The third-order valence-electron chi connectivity index (χ3n) is 4.08. The highest BCUT2D eigenvalue weighted by molar-refractivity contribution is 5.91. The summed E-state index contributed by atoms with van der Waals surface area (Å²) >= 11 is 0. The molecular weight excluding hydrogens is 264 g/mol. The number of aromatic nitrogens is 5. The van der Waals surface area contributed by atoms with Crippen LogP contribution in [0, 0.1) is 17.2 Å². The number of nitrogens with zero attached hydrogens (tertiary/aromatic N) is 5. The first-order valence-electron chi connectivity index (χ1n) is 7.07. The minimum absolute atomic E-state index is 0.195. The average molecular weight is 278 g/mol. The van der Waals surface area contributed by atoms with Gasteiger partial charge in [0.1, 0.15) is 0 Å². The molecule has 1 N–H and O–H groups in total. The van der Waals surface area contributed by atoms with Crippen molar-refractivity contribution in [3.05, 3.63) is 30.9 Å². The van der Waals surface area contributed by atoms with Gasteiger partial charge < -0.3 is 4.98 Å². The second kappa shape index (κ2) is 4.70. The molecule has 1 aliphatic carbocycles. The second-order valence-corrected chi connectivity index (χ2v) is 5.47. The number of H-pyrrole nitrogens is 1. The van der Waals surface area contributed by atoms with Crippen molar-refractivity contribution in [1.82, 2.24) is 25.0 Å². The molecule has 0 amide bonds. The molecule has 3 heterocycles. The Morgan fingerprint density at radius 3 is 3.14 bits per heavy atom. The van der Waals surface area contributed by atoms with Gasteiger partial charge in [0.2, 0.25) is 0 Å². The van der Waals surface area contributed by atoms with Crippen LogP contribution in [0.5, 0.6) is 0 Å². The Balaban J connectivity index is 1.74. The summed E-state index contributed by atoms with van der Waals surface area (Å²) in [6.07, 6.45) is 10.4. The van der Waals surface area contributed by atoms with Gasteiger partial charge in [-0.3, -0.25) is 4.68 Å². The van der Waals surface area contributed by atoms with Gasteiger partial charge in [-0.1, -0.05) is 0 Å². The van der Waals surface area contributed by atoms with E-state index < -0.39 is 0 Å². The van der Waals surface area contributed by atoms with Crippen LogP contribution >= 0.6 is 0 Å². The van der Waals surface area contributed by atoms with Gasteiger partial charge in [0.25, 0.3) is 0 Å². The third-order valence-corrected chi connectivity index (χ3v) is 4.08. The number of nitriles is 1. The van der Waals surface area contributed by atoms with Crippen LogP contribution in [0.1, 0.15) is 25.3 Å². The van der Waals surface area contributed by atoms with Crippen LogP contribution in [0.25, 0.3) is 22.2 Å². The molecule has 1 aliphatic rings. The summed E-state index contributed by atoms with van der Waals surface area (Å²) < 4.78 is 1.94. The zero-order valence-electron chi connectivity index (χ0n) is 11.4. The zero-order chi connectivity index (χ0) is 14.2. The number of aromatic amines is 1. The fraction of sp³-hybridized carbons (Fsp3) is 0.333. The average Bonchev–Trinajstić information content (AvgIpc) is 3.02. The van der Waals surface area contributed by atoms with E-state index in [1.54, 1.807) is 6.20 Å². The topological polar surface area (TPSA) is 83.2 Å². The van der Waals surface area contributed by atoms with Crippen LogP contribution in [0.3, 0.4) is 0 Å². The Labute approximate surface area is 121 Å². The molecule has 21 heavy (non-hydrogen) atoms. The van der Waals surface area contributed by atoms with Gasteiger partial charge in [0.05, 0.1) is 30.9 Å². The van der Waals surface area contributed by atoms with Crippen molar-refractivity contribution < 1.29 is 0 Å². The van der Waals surface area contributed by atoms with E-state index >= 15 is 0 Å². The molecule has 0 spiro atoms. The van der Waals surface area contributed by atoms with Gasteiger partial charge in [-0.2, -0.15) is 15.5 Å². The summed E-state index contributed by atoms with van der Waals surface area (Å²) in [7, 11) is 0. The van der Waals surface area contributed by atoms with Crippen molar-refractivity contribution in [1.29, 1.82) is 5.26 Å². The molecule has 1 atom stereocenters. The first-order chi connectivity index (χ1) is 10.4. The number of nitrogens with one attached hydrogen (secondary N) is 1. The third kappa shape index (κ3) is 2.07. The second-order valence-electron chi connectivity index (χ2n) is 5.47. The highest BCUT2D eigenvalue weighted by Gasteiger charge is 2.32. The fourth-order valence-electron chi connectivity index (χ4n) is 2.81. The summed E-state index contributed by atoms with van der Waals surface area (Å²) in [6.45, 7) is 0. The Kier molecular flexibility index (Phi) is 2.71. The van der Waals surface area contributed by atoms with E-state index in [2.05, 4.69) is 26.3 Å². The van der Waals surface area contributed by atoms with E-state index in [9.17, 15) is 0 Å². The molecule has 1 fully saturated rings. The molecule has 6 heteroatoms. The summed E-state index contributed by atoms with van der Waals surface area (Å²) in [5.74, 6) is 0.597. The normalized spacial score (nSPS) is 16.0. The molecule has 1 unspecified atom stereocenters. The van der Waals surface area contributed by atoms with Gasteiger partial charge in [-0.25, -0.2) is 0 Å². The van der Waals surface area contributed by atoms with E-state index in [-0.39, 0.29) is 6.04 Å². The highest BCUT2D eigenvalue weighted by atomic mass is 15.3. The lowest BCUT2D eigenvalue weighted by Crippen LogP contribution is -2.10. The molecule has 0 aromatic carbocycles. The van der Waals surface area contributed by atoms with E-state index in [0.29, 0.717) is 12.3 Å². The Morgan fingerprint density at radius 1 is 1.43 bits per heavy atom. The minimum atomic E-state index is 0.195. The molecule has 104 valence electrons. The van der Waals surface area contributed by atoms with Crippen molar-refractivity contribution in [3.8, 4) is 17.2 Å². The molecule has 4 rings (SSSR count). The maximum absolute atomic E-state index is 9.00. The Hall–Kier alpha value is -2.68. The lowest BCUT2D eigenvalue weighted by molar-refractivity contribution is 0.412. The van der Waals surface area contributed by atoms with E-state index in [0.717, 1.165) is 22.2 Å². The summed E-state index contributed by atoms with van der Waals surface area (Å²) in [5.41, 5.74) is 2.80. The molecule has 0 saturated heterocycles. The monoisotopic (exact) mass is 278 g/mol. The van der Waals surface area contributed by atoms with E-state index in [1.165, 1.54) is 12.8 Å². The first kappa shape index (κ1) is 12.1. The predicted molar refractivity (Wildman–Crippen MR) is 77.1 cm³/mol. The van der Waals surface area contributed by atoms with Crippen LogP contribution in [0.4, 0.5) is 0 Å². The lowest BCUT2D eigenvalue weighted by atomic mass is 10.1. The summed E-state index contributed by atoms with van der Waals surface area (Å²) in [5, 5.41) is 22.6. The molecule has 0 aliphatic heterocycles. The predicted octanol–water partition coefficient (Wildman–Crippen LogP) is 2.69. The summed E-state index contributed by atoms with van der Waals surface area (Å²) in [4.78, 5) is 3.06. The summed E-state index contributed by atoms with van der Waals surface area (Å²) in [6, 6.07) is 4.46. The van der Waals surface area contributed by atoms with Crippen molar-refractivity contribution in [3.63, 3.8) is 0 Å². The van der Waals surface area contributed by atoms with Crippen LogP contribution in [0.15, 0.2) is 30.9 Å². The Morgan fingerprint density at radius 2 is 2.33 bits per heavy atom. The van der Waals surface area contributed by atoms with Crippen LogP contribution in [-0.4, -0.2) is 25.0 Å². The van der Waals surface area contributed by atoms with E-state index in [1.807, 2.05) is 29.3 Å². The van der Waals surface area contributed by atoms with Crippen molar-refractivity contribution in [2.45, 2.75) is 25.3 Å². The van der Waals surface area contributed by atoms with Crippen LogP contribution in [-0.2, 0) is 0 Å². The van der Waals surface area contributed by atoms with Crippen molar-refractivity contribution in [2.75, 3.05) is 0 Å².